The molecule has 0 bridgehead atoms. The SMILES string of the molecule is CSC1=NC(c2cnc3c(NCCN4CCOCC4)nccn23)C=CN1. The topological polar surface area (TPSA) is 79.1 Å². The monoisotopic (exact) mass is 373 g/mol. The fourth-order valence-corrected chi connectivity index (χ4v) is 3.54. The van der Waals surface area contributed by atoms with Crippen LogP contribution in [0.4, 0.5) is 5.82 Å². The van der Waals surface area contributed by atoms with Crippen LogP contribution >= 0.6 is 11.8 Å². The summed E-state index contributed by atoms with van der Waals surface area (Å²) in [6.07, 6.45) is 11.6. The van der Waals surface area contributed by atoms with Crippen LogP contribution in [-0.2, 0) is 4.74 Å². The van der Waals surface area contributed by atoms with Crippen molar-refractivity contribution in [2.75, 3.05) is 51.0 Å². The number of imidazole rings is 1. The fraction of sp³-hybridized carbons (Fsp3) is 0.471. The van der Waals surface area contributed by atoms with Gasteiger partial charge in [-0.25, -0.2) is 15.0 Å². The molecule has 8 nitrogen and oxygen atoms in total. The summed E-state index contributed by atoms with van der Waals surface area (Å²) in [6, 6.07) is -0.0442. The van der Waals surface area contributed by atoms with Crippen molar-refractivity contribution in [3.05, 3.63) is 36.6 Å². The molecule has 0 radical (unpaired) electrons. The molecule has 1 atom stereocenters. The van der Waals surface area contributed by atoms with Crippen LogP contribution in [0.25, 0.3) is 5.65 Å². The number of hydrogen-bond donors (Lipinski definition) is 2. The quantitative estimate of drug-likeness (QED) is 0.819. The standard InChI is InChI=1S/C17H23N7OS/c1-26-17-20-3-2-13(22-17)14-12-21-16-15(19-5-7-24(14)16)18-4-6-23-8-10-25-11-9-23/h2-3,5,7,12-13H,4,6,8-11H2,1H3,(H,18,19)(H,20,22). The van der Waals surface area contributed by atoms with Gasteiger partial charge in [-0.05, 0) is 12.3 Å². The molecule has 9 heteroatoms. The van der Waals surface area contributed by atoms with Gasteiger partial charge < -0.3 is 15.4 Å². The zero-order valence-electron chi connectivity index (χ0n) is 14.8. The average Bonchev–Trinajstić information content (AvgIpc) is 3.14. The predicted molar refractivity (Wildman–Crippen MR) is 105 cm³/mol. The zero-order valence-corrected chi connectivity index (χ0v) is 15.6. The minimum absolute atomic E-state index is 0.0442. The minimum atomic E-state index is -0.0442. The van der Waals surface area contributed by atoms with Crippen LogP contribution < -0.4 is 10.6 Å². The highest BCUT2D eigenvalue weighted by Gasteiger charge is 2.18. The van der Waals surface area contributed by atoms with Crippen molar-refractivity contribution in [2.24, 2.45) is 4.99 Å². The molecule has 26 heavy (non-hydrogen) atoms. The van der Waals surface area contributed by atoms with E-state index in [0.29, 0.717) is 0 Å². The molecule has 2 aliphatic heterocycles. The maximum absolute atomic E-state index is 5.39. The Kier molecular flexibility index (Phi) is 5.37. The molecule has 2 aromatic rings. The number of rotatable bonds is 5. The van der Waals surface area contributed by atoms with Gasteiger partial charge in [-0.3, -0.25) is 9.30 Å². The van der Waals surface area contributed by atoms with Crippen molar-refractivity contribution in [3.63, 3.8) is 0 Å². The molecule has 2 N–H and O–H groups in total. The summed E-state index contributed by atoms with van der Waals surface area (Å²) in [7, 11) is 0. The number of aromatic nitrogens is 3. The van der Waals surface area contributed by atoms with Gasteiger partial charge in [-0.15, -0.1) is 0 Å². The lowest BCUT2D eigenvalue weighted by atomic mass is 10.2. The van der Waals surface area contributed by atoms with E-state index in [1.54, 1.807) is 18.0 Å². The van der Waals surface area contributed by atoms with Gasteiger partial charge >= 0.3 is 0 Å². The van der Waals surface area contributed by atoms with E-state index < -0.39 is 0 Å². The average molecular weight is 373 g/mol. The molecule has 2 aliphatic rings. The van der Waals surface area contributed by atoms with Crippen LogP contribution in [0.5, 0.6) is 0 Å². The summed E-state index contributed by atoms with van der Waals surface area (Å²) in [5.41, 5.74) is 1.86. The minimum Gasteiger partial charge on any atom is -0.379 e. The lowest BCUT2D eigenvalue weighted by Gasteiger charge is -2.26. The Balaban J connectivity index is 1.49. The van der Waals surface area contributed by atoms with Gasteiger partial charge in [0.2, 0.25) is 0 Å². The van der Waals surface area contributed by atoms with Crippen LogP contribution in [0.15, 0.2) is 35.9 Å². The molecule has 0 amide bonds. The van der Waals surface area contributed by atoms with E-state index in [1.165, 1.54) is 0 Å². The van der Waals surface area contributed by atoms with Crippen LogP contribution in [-0.4, -0.2) is 70.1 Å². The summed E-state index contributed by atoms with van der Waals surface area (Å²) in [5, 5.41) is 7.48. The van der Waals surface area contributed by atoms with E-state index in [-0.39, 0.29) is 6.04 Å². The van der Waals surface area contributed by atoms with Crippen LogP contribution in [0.2, 0.25) is 0 Å². The molecule has 4 rings (SSSR count). The first-order chi connectivity index (χ1) is 12.8. The van der Waals surface area contributed by atoms with Crippen molar-refractivity contribution < 1.29 is 4.74 Å². The number of amidine groups is 1. The van der Waals surface area contributed by atoms with Gasteiger partial charge in [0.25, 0.3) is 0 Å². The van der Waals surface area contributed by atoms with Gasteiger partial charge in [0.05, 0.1) is 25.1 Å². The Morgan fingerprint density at radius 2 is 2.23 bits per heavy atom. The van der Waals surface area contributed by atoms with Crippen molar-refractivity contribution in [1.82, 2.24) is 24.6 Å². The molecular weight excluding hydrogens is 350 g/mol. The lowest BCUT2D eigenvalue weighted by molar-refractivity contribution is 0.0398. The maximum Gasteiger partial charge on any atom is 0.180 e. The third-order valence-electron chi connectivity index (χ3n) is 4.52. The van der Waals surface area contributed by atoms with Gasteiger partial charge in [0.1, 0.15) is 6.04 Å². The highest BCUT2D eigenvalue weighted by molar-refractivity contribution is 8.13. The highest BCUT2D eigenvalue weighted by atomic mass is 32.2. The largest absolute Gasteiger partial charge is 0.379 e. The second kappa shape index (κ2) is 8.07. The molecule has 2 aromatic heterocycles. The lowest BCUT2D eigenvalue weighted by Crippen LogP contribution is -2.39. The van der Waals surface area contributed by atoms with Crippen LogP contribution in [0.1, 0.15) is 11.7 Å². The molecule has 0 saturated carbocycles. The summed E-state index contributed by atoms with van der Waals surface area (Å²) >= 11 is 1.60. The Morgan fingerprint density at radius 1 is 1.35 bits per heavy atom. The Hall–Kier alpha value is -2.10. The molecule has 1 saturated heterocycles. The Labute approximate surface area is 156 Å². The Morgan fingerprint density at radius 3 is 3.08 bits per heavy atom. The Bertz CT molecular complexity index is 813. The van der Waals surface area contributed by atoms with Crippen molar-refractivity contribution in [3.8, 4) is 0 Å². The van der Waals surface area contributed by atoms with Gasteiger partial charge in [0, 0.05) is 44.8 Å². The highest BCUT2D eigenvalue weighted by Crippen LogP contribution is 2.25. The molecule has 4 heterocycles. The summed E-state index contributed by atoms with van der Waals surface area (Å²) in [5.74, 6) is 0.805. The van der Waals surface area contributed by atoms with E-state index in [1.807, 2.05) is 30.9 Å². The van der Waals surface area contributed by atoms with Crippen LogP contribution in [0.3, 0.4) is 0 Å². The molecule has 0 spiro atoms. The first-order valence-corrected chi connectivity index (χ1v) is 9.98. The van der Waals surface area contributed by atoms with E-state index >= 15 is 0 Å². The van der Waals surface area contributed by atoms with Gasteiger partial charge in [0.15, 0.2) is 16.6 Å². The van der Waals surface area contributed by atoms with Crippen molar-refractivity contribution >= 4 is 28.4 Å². The molecule has 0 aromatic carbocycles. The zero-order chi connectivity index (χ0) is 17.8. The van der Waals surface area contributed by atoms with E-state index in [2.05, 4.69) is 29.9 Å². The normalized spacial score (nSPS) is 20.8. The predicted octanol–water partition coefficient (Wildman–Crippen LogP) is 1.35. The molecule has 1 unspecified atom stereocenters. The summed E-state index contributed by atoms with van der Waals surface area (Å²) in [4.78, 5) is 16.2. The summed E-state index contributed by atoms with van der Waals surface area (Å²) in [6.45, 7) is 5.42. The first kappa shape index (κ1) is 17.3. The van der Waals surface area contributed by atoms with Gasteiger partial charge in [-0.1, -0.05) is 11.8 Å². The smallest absolute Gasteiger partial charge is 0.180 e. The molecule has 138 valence electrons. The first-order valence-electron chi connectivity index (χ1n) is 8.76. The van der Waals surface area contributed by atoms with Crippen LogP contribution in [0, 0.1) is 0 Å². The number of nitrogens with one attached hydrogen (secondary N) is 2. The fourth-order valence-electron chi connectivity index (χ4n) is 3.13. The number of aliphatic imine (C=N–C) groups is 1. The summed E-state index contributed by atoms with van der Waals surface area (Å²) < 4.78 is 7.45. The van der Waals surface area contributed by atoms with Crippen molar-refractivity contribution in [1.29, 1.82) is 0 Å². The number of morpholine rings is 1. The second-order valence-corrected chi connectivity index (χ2v) is 6.91. The number of hydrogen-bond acceptors (Lipinski definition) is 8. The third-order valence-corrected chi connectivity index (χ3v) is 5.13. The number of thioether (sulfide) groups is 1. The van der Waals surface area contributed by atoms with E-state index in [0.717, 1.165) is 61.7 Å². The second-order valence-electron chi connectivity index (χ2n) is 6.12. The third kappa shape index (κ3) is 3.69. The van der Waals surface area contributed by atoms with E-state index in [4.69, 9.17) is 9.73 Å². The molecular formula is C17H23N7OS. The number of fused-ring (bicyclic) bond motifs is 1. The number of anilines is 1. The number of ether oxygens (including phenoxy) is 1. The number of nitrogens with zero attached hydrogens (tertiary/aromatic N) is 5. The molecule has 1 fully saturated rings. The van der Waals surface area contributed by atoms with Gasteiger partial charge in [-0.2, -0.15) is 0 Å². The molecule has 0 aliphatic carbocycles. The van der Waals surface area contributed by atoms with Crippen molar-refractivity contribution in [2.45, 2.75) is 6.04 Å². The van der Waals surface area contributed by atoms with E-state index in [9.17, 15) is 0 Å². The maximum atomic E-state index is 5.39.